The highest BCUT2D eigenvalue weighted by Gasteiger charge is 2.52. The summed E-state index contributed by atoms with van der Waals surface area (Å²) in [6, 6.07) is 5.39. The molecule has 0 saturated carbocycles. The molecule has 1 amide bonds. The maximum atomic E-state index is 12.1. The minimum absolute atomic E-state index is 0.349. The summed E-state index contributed by atoms with van der Waals surface area (Å²) in [5, 5.41) is 10.4. The van der Waals surface area contributed by atoms with Gasteiger partial charge in [0.15, 0.2) is 0 Å². The van der Waals surface area contributed by atoms with Gasteiger partial charge in [-0.15, -0.1) is 0 Å². The van der Waals surface area contributed by atoms with Crippen LogP contribution in [0.25, 0.3) is 0 Å². The van der Waals surface area contributed by atoms with Crippen LogP contribution in [-0.4, -0.2) is 47.5 Å². The van der Waals surface area contributed by atoms with E-state index in [2.05, 4.69) is 0 Å². The average molecular weight is 321 g/mol. The number of amides is 1. The van der Waals surface area contributed by atoms with Crippen LogP contribution in [0, 0.1) is 0 Å². The predicted octanol–water partition coefficient (Wildman–Crippen LogP) is 2.50. The molecule has 0 bridgehead atoms. The van der Waals surface area contributed by atoms with Crippen molar-refractivity contribution in [2.45, 2.75) is 44.5 Å². The van der Waals surface area contributed by atoms with Gasteiger partial charge in [-0.05, 0) is 32.9 Å². The quantitative estimate of drug-likeness (QED) is 0.861. The van der Waals surface area contributed by atoms with Gasteiger partial charge in [0.1, 0.15) is 22.7 Å². The van der Waals surface area contributed by atoms with Crippen LogP contribution < -0.4 is 9.47 Å². The Kier molecular flexibility index (Phi) is 3.67. The molecular weight excluding hydrogens is 298 g/mol. The summed E-state index contributed by atoms with van der Waals surface area (Å²) in [5.74, 6) is 1.29. The molecule has 2 aliphatic heterocycles. The van der Waals surface area contributed by atoms with E-state index in [1.807, 2.05) is 26.8 Å². The normalized spacial score (nSPS) is 22.0. The summed E-state index contributed by atoms with van der Waals surface area (Å²) in [6.45, 7) is 6.34. The van der Waals surface area contributed by atoms with Gasteiger partial charge in [-0.2, -0.15) is 0 Å². The fourth-order valence-electron chi connectivity index (χ4n) is 3.04. The van der Waals surface area contributed by atoms with Crippen LogP contribution in [0.5, 0.6) is 11.5 Å². The van der Waals surface area contributed by atoms with E-state index in [1.165, 1.54) is 0 Å². The van der Waals surface area contributed by atoms with Crippen LogP contribution in [0.4, 0.5) is 4.79 Å². The molecule has 1 aromatic rings. The smallest absolute Gasteiger partial charge is 0.410 e. The van der Waals surface area contributed by atoms with E-state index in [1.54, 1.807) is 24.1 Å². The Balaban J connectivity index is 1.71. The number of carbonyl (C=O) groups excluding carboxylic acids is 1. The lowest BCUT2D eigenvalue weighted by Crippen LogP contribution is -2.68. The molecule has 0 aliphatic carbocycles. The number of nitrogens with zero attached hydrogens (tertiary/aromatic N) is 1. The monoisotopic (exact) mass is 321 g/mol. The highest BCUT2D eigenvalue weighted by atomic mass is 16.6. The second-order valence-corrected chi connectivity index (χ2v) is 7.25. The molecule has 0 unspecified atom stereocenters. The lowest BCUT2D eigenvalue weighted by Gasteiger charge is -2.52. The third kappa shape index (κ3) is 3.08. The first-order valence-corrected chi connectivity index (χ1v) is 7.74. The number of hydrogen-bond acceptors (Lipinski definition) is 5. The van der Waals surface area contributed by atoms with E-state index < -0.39 is 17.3 Å². The first kappa shape index (κ1) is 15.9. The Morgan fingerprint density at radius 2 is 2.09 bits per heavy atom. The molecule has 0 radical (unpaired) electrons. The fourth-order valence-corrected chi connectivity index (χ4v) is 3.04. The topological polar surface area (TPSA) is 68.2 Å². The Bertz CT molecular complexity index is 616. The maximum absolute atomic E-state index is 12.1. The first-order valence-electron chi connectivity index (χ1n) is 7.74. The molecule has 1 spiro atoms. The number of hydrogen-bond donors (Lipinski definition) is 1. The largest absolute Gasteiger partial charge is 0.497 e. The second-order valence-electron chi connectivity index (χ2n) is 7.25. The van der Waals surface area contributed by atoms with Crippen molar-refractivity contribution >= 4 is 6.09 Å². The molecule has 126 valence electrons. The Hall–Kier alpha value is -1.95. The van der Waals surface area contributed by atoms with Gasteiger partial charge < -0.3 is 24.2 Å². The van der Waals surface area contributed by atoms with Gasteiger partial charge in [-0.3, -0.25) is 0 Å². The van der Waals surface area contributed by atoms with E-state index in [0.717, 1.165) is 5.56 Å². The van der Waals surface area contributed by atoms with Crippen molar-refractivity contribution in [1.82, 2.24) is 4.90 Å². The SMILES string of the molecule is COc1ccc2c(c1)OC1(C[C@H]2O)CN(C(=O)OC(C)(C)C)C1. The number of benzene rings is 1. The molecule has 2 heterocycles. The molecule has 1 atom stereocenters. The Labute approximate surface area is 135 Å². The summed E-state index contributed by atoms with van der Waals surface area (Å²) >= 11 is 0. The molecule has 1 fully saturated rings. The number of likely N-dealkylation sites (tertiary alicyclic amines) is 1. The molecule has 3 rings (SSSR count). The van der Waals surface area contributed by atoms with Crippen LogP contribution in [0.3, 0.4) is 0 Å². The summed E-state index contributed by atoms with van der Waals surface area (Å²) in [5.41, 5.74) is -0.310. The van der Waals surface area contributed by atoms with Gasteiger partial charge in [0.2, 0.25) is 0 Å². The van der Waals surface area contributed by atoms with Crippen LogP contribution in [-0.2, 0) is 4.74 Å². The van der Waals surface area contributed by atoms with Crippen LogP contribution in [0.2, 0.25) is 0 Å². The molecule has 2 aliphatic rings. The number of aliphatic hydroxyl groups is 1. The molecule has 6 nitrogen and oxygen atoms in total. The zero-order chi connectivity index (χ0) is 16.8. The number of methoxy groups -OCH3 is 1. The van der Waals surface area contributed by atoms with E-state index >= 15 is 0 Å². The van der Waals surface area contributed by atoms with E-state index in [0.29, 0.717) is 31.0 Å². The van der Waals surface area contributed by atoms with Gasteiger partial charge in [-0.1, -0.05) is 0 Å². The van der Waals surface area contributed by atoms with E-state index in [4.69, 9.17) is 14.2 Å². The fraction of sp³-hybridized carbons (Fsp3) is 0.588. The molecule has 1 N–H and O–H groups in total. The number of aliphatic hydroxyl groups excluding tert-OH is 1. The first-order chi connectivity index (χ1) is 10.7. The van der Waals surface area contributed by atoms with E-state index in [-0.39, 0.29) is 6.09 Å². The van der Waals surface area contributed by atoms with Crippen molar-refractivity contribution in [2.24, 2.45) is 0 Å². The lowest BCUT2D eigenvalue weighted by atomic mass is 9.83. The minimum atomic E-state index is -0.606. The number of rotatable bonds is 1. The van der Waals surface area contributed by atoms with Crippen LogP contribution in [0.1, 0.15) is 38.9 Å². The predicted molar refractivity (Wildman–Crippen MR) is 83.7 cm³/mol. The van der Waals surface area contributed by atoms with Gasteiger partial charge in [0.25, 0.3) is 0 Å². The molecule has 0 aromatic heterocycles. The van der Waals surface area contributed by atoms with Crippen molar-refractivity contribution in [1.29, 1.82) is 0 Å². The third-order valence-corrected chi connectivity index (χ3v) is 4.08. The van der Waals surface area contributed by atoms with Crippen molar-refractivity contribution in [3.8, 4) is 11.5 Å². The van der Waals surface area contributed by atoms with Crippen molar-refractivity contribution in [2.75, 3.05) is 20.2 Å². The van der Waals surface area contributed by atoms with Crippen LogP contribution in [0.15, 0.2) is 18.2 Å². The van der Waals surface area contributed by atoms with Crippen molar-refractivity contribution in [3.63, 3.8) is 0 Å². The van der Waals surface area contributed by atoms with Crippen LogP contribution >= 0.6 is 0 Å². The maximum Gasteiger partial charge on any atom is 0.410 e. The van der Waals surface area contributed by atoms with Crippen molar-refractivity contribution in [3.05, 3.63) is 23.8 Å². The molecule has 1 saturated heterocycles. The third-order valence-electron chi connectivity index (χ3n) is 4.08. The highest BCUT2D eigenvalue weighted by molar-refractivity contribution is 5.70. The van der Waals surface area contributed by atoms with Gasteiger partial charge in [-0.25, -0.2) is 4.79 Å². The van der Waals surface area contributed by atoms with Gasteiger partial charge in [0, 0.05) is 18.1 Å². The number of fused-ring (bicyclic) bond motifs is 1. The van der Waals surface area contributed by atoms with Crippen molar-refractivity contribution < 1.29 is 24.1 Å². The second kappa shape index (κ2) is 5.30. The average Bonchev–Trinajstić information content (AvgIpc) is 2.41. The summed E-state index contributed by atoms with van der Waals surface area (Å²) < 4.78 is 16.7. The zero-order valence-electron chi connectivity index (χ0n) is 14.0. The van der Waals surface area contributed by atoms with E-state index in [9.17, 15) is 9.90 Å². The Morgan fingerprint density at radius 3 is 2.70 bits per heavy atom. The molecule has 23 heavy (non-hydrogen) atoms. The summed E-state index contributed by atoms with van der Waals surface area (Å²) in [7, 11) is 1.59. The summed E-state index contributed by atoms with van der Waals surface area (Å²) in [4.78, 5) is 13.7. The lowest BCUT2D eigenvalue weighted by molar-refractivity contribution is -0.114. The number of ether oxygens (including phenoxy) is 3. The zero-order valence-corrected chi connectivity index (χ0v) is 14.0. The standard InChI is InChI=1S/C17H23NO5/c1-16(2,3)23-15(20)18-9-17(10-18)8-13(19)12-6-5-11(21-4)7-14(12)22-17/h5-7,13,19H,8-10H2,1-4H3/t13-/m1/s1. The Morgan fingerprint density at radius 1 is 1.39 bits per heavy atom. The van der Waals surface area contributed by atoms with Gasteiger partial charge in [0.05, 0.1) is 26.3 Å². The van der Waals surface area contributed by atoms with Gasteiger partial charge >= 0.3 is 6.09 Å². The number of carbonyl (C=O) groups is 1. The molecule has 1 aromatic carbocycles. The highest BCUT2D eigenvalue weighted by Crippen LogP contribution is 2.45. The molecular formula is C17H23NO5. The summed E-state index contributed by atoms with van der Waals surface area (Å²) in [6.07, 6.45) is -0.492. The molecule has 6 heteroatoms. The minimum Gasteiger partial charge on any atom is -0.497 e.